The topological polar surface area (TPSA) is 101 Å². The SMILES string of the molecule is CCCCC/C=C\CC=CC=C/C=C/[C@H](C(=O)C(N)CS)[C@@H](O)CCCC(=O)O. The summed E-state index contributed by atoms with van der Waals surface area (Å²) in [4.78, 5) is 23.0. The van der Waals surface area contributed by atoms with Crippen molar-refractivity contribution in [2.75, 3.05) is 5.75 Å². The lowest BCUT2D eigenvalue weighted by Crippen LogP contribution is -2.41. The molecule has 0 aromatic heterocycles. The van der Waals surface area contributed by atoms with E-state index in [-0.39, 0.29) is 24.4 Å². The molecule has 1 unspecified atom stereocenters. The Morgan fingerprint density at radius 3 is 2.41 bits per heavy atom. The van der Waals surface area contributed by atoms with E-state index >= 15 is 0 Å². The summed E-state index contributed by atoms with van der Waals surface area (Å²) in [6.45, 7) is 2.19. The molecule has 164 valence electrons. The second-order valence-electron chi connectivity index (χ2n) is 6.97. The summed E-state index contributed by atoms with van der Waals surface area (Å²) in [6, 6.07) is -0.768. The van der Waals surface area contributed by atoms with Crippen molar-refractivity contribution >= 4 is 24.4 Å². The van der Waals surface area contributed by atoms with Gasteiger partial charge in [0.15, 0.2) is 5.78 Å². The second kappa shape index (κ2) is 18.4. The van der Waals surface area contributed by atoms with Crippen LogP contribution in [0.5, 0.6) is 0 Å². The van der Waals surface area contributed by atoms with Crippen LogP contribution in [0, 0.1) is 5.92 Å². The number of aliphatic carboxylic acids is 1. The van der Waals surface area contributed by atoms with Crippen molar-refractivity contribution in [3.05, 3.63) is 48.6 Å². The van der Waals surface area contributed by atoms with Crippen molar-refractivity contribution in [1.82, 2.24) is 0 Å². The normalized spacial score (nSPS) is 15.6. The number of carbonyl (C=O) groups excluding carboxylic acids is 1. The van der Waals surface area contributed by atoms with Gasteiger partial charge in [0.1, 0.15) is 0 Å². The predicted molar refractivity (Wildman–Crippen MR) is 123 cm³/mol. The number of hydrogen-bond acceptors (Lipinski definition) is 5. The Morgan fingerprint density at radius 1 is 1.03 bits per heavy atom. The van der Waals surface area contributed by atoms with Gasteiger partial charge in [-0.3, -0.25) is 9.59 Å². The molecule has 0 aliphatic heterocycles. The average Bonchev–Trinajstić information content (AvgIpc) is 2.70. The molecule has 0 heterocycles. The van der Waals surface area contributed by atoms with E-state index in [9.17, 15) is 14.7 Å². The van der Waals surface area contributed by atoms with Crippen molar-refractivity contribution in [1.29, 1.82) is 0 Å². The fourth-order valence-corrected chi connectivity index (χ4v) is 2.85. The lowest BCUT2D eigenvalue weighted by Gasteiger charge is -2.21. The van der Waals surface area contributed by atoms with Crippen molar-refractivity contribution in [3.8, 4) is 0 Å². The van der Waals surface area contributed by atoms with Gasteiger partial charge in [-0.25, -0.2) is 0 Å². The van der Waals surface area contributed by atoms with Gasteiger partial charge in [-0.1, -0.05) is 68.4 Å². The molecule has 0 amide bonds. The van der Waals surface area contributed by atoms with Crippen LogP contribution in [0.4, 0.5) is 0 Å². The zero-order valence-corrected chi connectivity index (χ0v) is 18.3. The molecule has 5 nitrogen and oxygen atoms in total. The molecule has 0 spiro atoms. The van der Waals surface area contributed by atoms with Gasteiger partial charge in [0, 0.05) is 12.2 Å². The fraction of sp³-hybridized carbons (Fsp3) is 0.565. The molecular weight excluding hydrogens is 386 g/mol. The molecule has 0 aromatic rings. The number of unbranched alkanes of at least 4 members (excludes halogenated alkanes) is 3. The zero-order chi connectivity index (χ0) is 21.9. The Balaban J connectivity index is 4.58. The molecule has 0 aromatic carbocycles. The van der Waals surface area contributed by atoms with Gasteiger partial charge in [-0.15, -0.1) is 0 Å². The summed E-state index contributed by atoms with van der Waals surface area (Å²) in [5.41, 5.74) is 5.77. The summed E-state index contributed by atoms with van der Waals surface area (Å²) < 4.78 is 0. The van der Waals surface area contributed by atoms with Gasteiger partial charge in [0.05, 0.1) is 18.1 Å². The maximum Gasteiger partial charge on any atom is 0.303 e. The summed E-state index contributed by atoms with van der Waals surface area (Å²) in [7, 11) is 0. The number of aliphatic hydroxyl groups is 1. The Kier molecular flexibility index (Phi) is 17.4. The monoisotopic (exact) mass is 423 g/mol. The number of hydrogen-bond donors (Lipinski definition) is 4. The van der Waals surface area contributed by atoms with Gasteiger partial charge >= 0.3 is 5.97 Å². The number of carboxylic acid groups (broad SMARTS) is 1. The zero-order valence-electron chi connectivity index (χ0n) is 17.5. The van der Waals surface area contributed by atoms with Crippen LogP contribution in [0.1, 0.15) is 58.3 Å². The average molecular weight is 424 g/mol. The summed E-state index contributed by atoms with van der Waals surface area (Å²) >= 11 is 4.05. The van der Waals surface area contributed by atoms with Gasteiger partial charge in [0.25, 0.3) is 0 Å². The third-order valence-corrected chi connectivity index (χ3v) is 4.79. The smallest absolute Gasteiger partial charge is 0.303 e. The minimum absolute atomic E-state index is 0.0436. The molecule has 0 bridgehead atoms. The van der Waals surface area contributed by atoms with E-state index in [1.165, 1.54) is 19.3 Å². The lowest BCUT2D eigenvalue weighted by molar-refractivity contribution is -0.137. The molecule has 0 saturated carbocycles. The summed E-state index contributed by atoms with van der Waals surface area (Å²) in [6.07, 6.45) is 20.6. The first-order valence-corrected chi connectivity index (χ1v) is 11.0. The maximum atomic E-state index is 12.4. The minimum Gasteiger partial charge on any atom is -0.481 e. The molecule has 0 aliphatic rings. The molecule has 0 rings (SSSR count). The highest BCUT2D eigenvalue weighted by Gasteiger charge is 2.27. The third-order valence-electron chi connectivity index (χ3n) is 4.40. The number of Topliss-reactive ketones (excluding diaryl/α,β-unsaturated/α-hetero) is 1. The first-order valence-electron chi connectivity index (χ1n) is 10.4. The first kappa shape index (κ1) is 27.4. The van der Waals surface area contributed by atoms with Crippen LogP contribution in [-0.2, 0) is 9.59 Å². The Morgan fingerprint density at radius 2 is 1.76 bits per heavy atom. The number of rotatable bonds is 17. The highest BCUT2D eigenvalue weighted by atomic mass is 32.1. The molecule has 4 N–H and O–H groups in total. The van der Waals surface area contributed by atoms with Gasteiger partial charge < -0.3 is 15.9 Å². The Hall–Kier alpha value is -1.63. The summed E-state index contributed by atoms with van der Waals surface area (Å²) in [5, 5.41) is 19.0. The van der Waals surface area contributed by atoms with E-state index in [1.807, 2.05) is 18.2 Å². The Bertz CT molecular complexity index is 569. The predicted octanol–water partition coefficient (Wildman–Crippen LogP) is 4.24. The van der Waals surface area contributed by atoms with E-state index in [1.54, 1.807) is 18.2 Å². The van der Waals surface area contributed by atoms with Crippen molar-refractivity contribution in [2.45, 2.75) is 70.4 Å². The third kappa shape index (κ3) is 14.9. The quantitative estimate of drug-likeness (QED) is 0.121. The van der Waals surface area contributed by atoms with E-state index in [4.69, 9.17) is 10.8 Å². The van der Waals surface area contributed by atoms with Crippen LogP contribution in [0.3, 0.4) is 0 Å². The van der Waals surface area contributed by atoms with Crippen molar-refractivity contribution in [2.24, 2.45) is 11.7 Å². The highest BCUT2D eigenvalue weighted by molar-refractivity contribution is 7.80. The molecule has 29 heavy (non-hydrogen) atoms. The van der Waals surface area contributed by atoms with Crippen LogP contribution in [0.2, 0.25) is 0 Å². The van der Waals surface area contributed by atoms with E-state index in [2.05, 4.69) is 31.7 Å². The minimum atomic E-state index is -0.967. The summed E-state index contributed by atoms with van der Waals surface area (Å²) in [5.74, 6) is -1.80. The number of allylic oxidation sites excluding steroid dienone is 7. The standard InChI is InChI=1S/C23H37NO4S/c1-2-3-4-5-6-7-8-9-10-11-12-13-15-19(23(28)20(24)18-29)21(25)16-14-17-22(26)27/h6-7,9-13,15,19-21,25,29H,2-5,8,14,16-18,24H2,1H3,(H,26,27)/b7-6-,10-9?,12-11?,15-13+/t19-,20?,21-/m0/s1. The number of carbonyl (C=O) groups is 2. The second-order valence-corrected chi connectivity index (χ2v) is 7.34. The molecule has 0 fully saturated rings. The first-order chi connectivity index (χ1) is 13.9. The van der Waals surface area contributed by atoms with Crippen LogP contribution >= 0.6 is 12.6 Å². The van der Waals surface area contributed by atoms with Gasteiger partial charge in [0.2, 0.25) is 0 Å². The maximum absolute atomic E-state index is 12.4. The van der Waals surface area contributed by atoms with Crippen molar-refractivity contribution < 1.29 is 19.8 Å². The number of nitrogens with two attached hydrogens (primary N) is 1. The number of ketones is 1. The molecular formula is C23H37NO4S. The Labute approximate surface area is 180 Å². The fourth-order valence-electron chi connectivity index (χ4n) is 2.67. The highest BCUT2D eigenvalue weighted by Crippen LogP contribution is 2.16. The van der Waals surface area contributed by atoms with E-state index < -0.39 is 24.0 Å². The molecule has 0 aliphatic carbocycles. The number of aliphatic hydroxyl groups excluding tert-OH is 1. The number of carboxylic acids is 1. The van der Waals surface area contributed by atoms with Crippen molar-refractivity contribution in [3.63, 3.8) is 0 Å². The van der Waals surface area contributed by atoms with E-state index in [0.29, 0.717) is 6.42 Å². The van der Waals surface area contributed by atoms with E-state index in [0.717, 1.165) is 12.8 Å². The lowest BCUT2D eigenvalue weighted by atomic mass is 9.90. The largest absolute Gasteiger partial charge is 0.481 e. The van der Waals surface area contributed by atoms with Gasteiger partial charge in [-0.05, 0) is 32.1 Å². The number of thiol groups is 1. The van der Waals surface area contributed by atoms with Crippen LogP contribution in [0.15, 0.2) is 48.6 Å². The van der Waals surface area contributed by atoms with Crippen LogP contribution in [-0.4, -0.2) is 39.9 Å². The van der Waals surface area contributed by atoms with Crippen LogP contribution in [0.25, 0.3) is 0 Å². The molecule has 0 saturated heterocycles. The van der Waals surface area contributed by atoms with Gasteiger partial charge in [-0.2, -0.15) is 12.6 Å². The molecule has 3 atom stereocenters. The van der Waals surface area contributed by atoms with Crippen LogP contribution < -0.4 is 5.73 Å². The molecule has 6 heteroatoms. The molecule has 0 radical (unpaired) electrons.